The van der Waals surface area contributed by atoms with Gasteiger partial charge in [-0.3, -0.25) is 0 Å². The first kappa shape index (κ1) is 23.3. The fraction of sp³-hybridized carbons (Fsp3) is 0.556. The molecule has 0 unspecified atom stereocenters. The highest BCUT2D eigenvalue weighted by Gasteiger charge is 2.28. The molecule has 0 aliphatic carbocycles. The van der Waals surface area contributed by atoms with E-state index in [1.54, 1.807) is 24.3 Å². The van der Waals surface area contributed by atoms with Gasteiger partial charge in [0.25, 0.3) is 0 Å². The lowest BCUT2D eigenvalue weighted by Crippen LogP contribution is -2.23. The molecule has 0 fully saturated rings. The Balaban J connectivity index is 1.81. The number of hydrogen-bond acceptors (Lipinski definition) is 2. The third-order valence-electron chi connectivity index (χ3n) is 6.29. The second-order valence-corrected chi connectivity index (χ2v) is 8.71. The summed E-state index contributed by atoms with van der Waals surface area (Å²) in [7, 11) is 0. The van der Waals surface area contributed by atoms with Crippen LogP contribution >= 0.6 is 0 Å². The molecule has 0 saturated carbocycles. The smallest absolute Gasteiger partial charge is 0.115 e. The van der Waals surface area contributed by atoms with Gasteiger partial charge in [-0.2, -0.15) is 0 Å². The predicted molar refractivity (Wildman–Crippen MR) is 124 cm³/mol. The lowest BCUT2D eigenvalue weighted by molar-refractivity contribution is 0.459. The summed E-state index contributed by atoms with van der Waals surface area (Å²) in [6.45, 7) is 4.55. The Morgan fingerprint density at radius 3 is 1.28 bits per heavy atom. The molecule has 2 aromatic carbocycles. The monoisotopic (exact) mass is 396 g/mol. The van der Waals surface area contributed by atoms with Crippen LogP contribution in [0, 0.1) is 0 Å². The molecule has 29 heavy (non-hydrogen) atoms. The number of phenolic OH excluding ortho intramolecular Hbond substituents is 2. The molecule has 0 amide bonds. The van der Waals surface area contributed by atoms with E-state index in [1.165, 1.54) is 81.8 Å². The van der Waals surface area contributed by atoms with Gasteiger partial charge in [0.05, 0.1) is 0 Å². The van der Waals surface area contributed by atoms with Gasteiger partial charge in [0.1, 0.15) is 11.5 Å². The zero-order valence-corrected chi connectivity index (χ0v) is 18.5. The molecule has 0 aliphatic rings. The van der Waals surface area contributed by atoms with Crippen LogP contribution in [0.3, 0.4) is 0 Å². The van der Waals surface area contributed by atoms with Crippen molar-refractivity contribution in [2.75, 3.05) is 0 Å². The van der Waals surface area contributed by atoms with Gasteiger partial charge in [0.15, 0.2) is 0 Å². The lowest BCUT2D eigenvalue weighted by Gasteiger charge is -2.31. The van der Waals surface area contributed by atoms with Crippen molar-refractivity contribution in [2.45, 2.75) is 96.3 Å². The molecular weight excluding hydrogens is 356 g/mol. The Morgan fingerprint density at radius 2 is 0.897 bits per heavy atom. The largest absolute Gasteiger partial charge is 0.508 e. The van der Waals surface area contributed by atoms with Crippen molar-refractivity contribution in [3.05, 3.63) is 59.7 Å². The molecule has 0 atom stereocenters. The van der Waals surface area contributed by atoms with Crippen molar-refractivity contribution < 1.29 is 10.2 Å². The van der Waals surface area contributed by atoms with Crippen LogP contribution in [-0.4, -0.2) is 10.2 Å². The molecule has 0 bridgehead atoms. The number of rotatable bonds is 14. The minimum atomic E-state index is -0.110. The second-order valence-electron chi connectivity index (χ2n) is 8.71. The summed E-state index contributed by atoms with van der Waals surface area (Å²) in [5.74, 6) is 0.605. The quantitative estimate of drug-likeness (QED) is 0.317. The van der Waals surface area contributed by atoms with Gasteiger partial charge < -0.3 is 10.2 Å². The first-order valence-electron chi connectivity index (χ1n) is 11.7. The predicted octanol–water partition coefficient (Wildman–Crippen LogP) is 8.10. The van der Waals surface area contributed by atoms with E-state index in [1.807, 2.05) is 24.3 Å². The first-order valence-corrected chi connectivity index (χ1v) is 11.7. The van der Waals surface area contributed by atoms with Crippen LogP contribution in [0.5, 0.6) is 11.5 Å². The zero-order chi connectivity index (χ0) is 21.0. The second kappa shape index (κ2) is 12.6. The summed E-state index contributed by atoms with van der Waals surface area (Å²) in [6.07, 6.45) is 15.9. The van der Waals surface area contributed by atoms with E-state index in [0.717, 1.165) is 6.42 Å². The van der Waals surface area contributed by atoms with Crippen molar-refractivity contribution in [1.29, 1.82) is 0 Å². The average Bonchev–Trinajstić information content (AvgIpc) is 2.73. The Kier molecular flexibility index (Phi) is 10.1. The highest BCUT2D eigenvalue weighted by molar-refractivity contribution is 5.42. The fourth-order valence-corrected chi connectivity index (χ4v) is 4.26. The molecule has 0 radical (unpaired) electrons. The van der Waals surface area contributed by atoms with Crippen molar-refractivity contribution in [2.24, 2.45) is 0 Å². The summed E-state index contributed by atoms with van der Waals surface area (Å²) in [5, 5.41) is 19.3. The number of unbranched alkanes of at least 4 members (excludes halogenated alkanes) is 10. The van der Waals surface area contributed by atoms with Gasteiger partial charge in [-0.1, -0.05) is 109 Å². The summed E-state index contributed by atoms with van der Waals surface area (Å²) < 4.78 is 0. The van der Waals surface area contributed by atoms with E-state index in [9.17, 15) is 10.2 Å². The van der Waals surface area contributed by atoms with Crippen LogP contribution in [0.4, 0.5) is 0 Å². The van der Waals surface area contributed by atoms with E-state index < -0.39 is 0 Å². The minimum absolute atomic E-state index is 0.110. The standard InChI is InChI=1S/C27H40O2/c1-3-4-5-6-7-8-9-10-11-12-13-22-27(2,23-14-18-25(28)19-15-23)24-16-20-26(29)21-17-24/h14-21,28-29H,3-13,22H2,1-2H3. The Hall–Kier alpha value is -1.96. The van der Waals surface area contributed by atoms with E-state index in [2.05, 4.69) is 13.8 Å². The number of aromatic hydroxyl groups is 2. The van der Waals surface area contributed by atoms with Gasteiger partial charge in [-0.15, -0.1) is 0 Å². The van der Waals surface area contributed by atoms with Gasteiger partial charge in [-0.25, -0.2) is 0 Å². The first-order chi connectivity index (χ1) is 14.1. The number of phenols is 2. The molecular formula is C27H40O2. The maximum Gasteiger partial charge on any atom is 0.115 e. The third-order valence-corrected chi connectivity index (χ3v) is 6.29. The average molecular weight is 397 g/mol. The summed E-state index contributed by atoms with van der Waals surface area (Å²) in [5.41, 5.74) is 2.32. The minimum Gasteiger partial charge on any atom is -0.508 e. The van der Waals surface area contributed by atoms with Gasteiger partial charge in [0.2, 0.25) is 0 Å². The van der Waals surface area contributed by atoms with Gasteiger partial charge in [-0.05, 0) is 41.8 Å². The molecule has 2 aromatic rings. The molecule has 0 aromatic heterocycles. The molecule has 0 spiro atoms. The Morgan fingerprint density at radius 1 is 0.552 bits per heavy atom. The topological polar surface area (TPSA) is 40.5 Å². The van der Waals surface area contributed by atoms with E-state index >= 15 is 0 Å². The Bertz CT molecular complexity index is 627. The van der Waals surface area contributed by atoms with Crippen LogP contribution < -0.4 is 0 Å². The van der Waals surface area contributed by atoms with E-state index in [4.69, 9.17) is 0 Å². The van der Waals surface area contributed by atoms with Crippen LogP contribution in [0.25, 0.3) is 0 Å². The van der Waals surface area contributed by atoms with Crippen molar-refractivity contribution >= 4 is 0 Å². The molecule has 160 valence electrons. The molecule has 2 nitrogen and oxygen atoms in total. The fourth-order valence-electron chi connectivity index (χ4n) is 4.26. The highest BCUT2D eigenvalue weighted by atomic mass is 16.3. The Labute approximate surface area is 178 Å². The molecule has 2 rings (SSSR count). The highest BCUT2D eigenvalue weighted by Crippen LogP contribution is 2.38. The number of benzene rings is 2. The van der Waals surface area contributed by atoms with E-state index in [0.29, 0.717) is 11.5 Å². The van der Waals surface area contributed by atoms with Crippen molar-refractivity contribution in [3.8, 4) is 11.5 Å². The van der Waals surface area contributed by atoms with Crippen molar-refractivity contribution in [1.82, 2.24) is 0 Å². The molecule has 0 aliphatic heterocycles. The maximum absolute atomic E-state index is 9.67. The van der Waals surface area contributed by atoms with Gasteiger partial charge in [0, 0.05) is 5.41 Å². The molecule has 2 heteroatoms. The SMILES string of the molecule is CCCCCCCCCCCCCC(C)(c1ccc(O)cc1)c1ccc(O)cc1. The zero-order valence-electron chi connectivity index (χ0n) is 18.5. The van der Waals surface area contributed by atoms with Crippen LogP contribution in [0.15, 0.2) is 48.5 Å². The molecule has 0 saturated heterocycles. The molecule has 0 heterocycles. The summed E-state index contributed by atoms with van der Waals surface area (Å²) >= 11 is 0. The van der Waals surface area contributed by atoms with E-state index in [-0.39, 0.29) is 5.41 Å². The maximum atomic E-state index is 9.67. The third kappa shape index (κ3) is 7.76. The van der Waals surface area contributed by atoms with Crippen LogP contribution in [0.2, 0.25) is 0 Å². The van der Waals surface area contributed by atoms with Crippen molar-refractivity contribution in [3.63, 3.8) is 0 Å². The lowest BCUT2D eigenvalue weighted by atomic mass is 9.72. The summed E-state index contributed by atoms with van der Waals surface area (Å²) in [6, 6.07) is 15.2. The van der Waals surface area contributed by atoms with Crippen LogP contribution in [0.1, 0.15) is 102 Å². The number of hydrogen-bond donors (Lipinski definition) is 2. The van der Waals surface area contributed by atoms with Gasteiger partial charge >= 0.3 is 0 Å². The normalized spacial score (nSPS) is 11.7. The van der Waals surface area contributed by atoms with Crippen LogP contribution in [-0.2, 0) is 5.41 Å². The summed E-state index contributed by atoms with van der Waals surface area (Å²) in [4.78, 5) is 0. The molecule has 2 N–H and O–H groups in total.